The van der Waals surface area contributed by atoms with E-state index in [2.05, 4.69) is 20.6 Å². The zero-order valence-electron chi connectivity index (χ0n) is 12.3. The second-order valence-electron chi connectivity index (χ2n) is 4.92. The van der Waals surface area contributed by atoms with Crippen LogP contribution in [0.5, 0.6) is 0 Å². The molecule has 9 heteroatoms. The van der Waals surface area contributed by atoms with Crippen LogP contribution in [0.1, 0.15) is 22.0 Å². The molecule has 1 unspecified atom stereocenters. The first-order valence-electron chi connectivity index (χ1n) is 6.50. The van der Waals surface area contributed by atoms with Gasteiger partial charge in [0, 0.05) is 18.0 Å². The van der Waals surface area contributed by atoms with Crippen LogP contribution in [0, 0.1) is 13.8 Å². The molecular weight excluding hydrogens is 423 g/mol. The van der Waals surface area contributed by atoms with Gasteiger partial charge in [-0.2, -0.15) is 0 Å². The third kappa shape index (κ3) is 5.37. The molecule has 6 nitrogen and oxygen atoms in total. The van der Waals surface area contributed by atoms with Gasteiger partial charge in [0.2, 0.25) is 0 Å². The highest BCUT2D eigenvalue weighted by atomic mass is 127. The molecule has 0 spiro atoms. The fourth-order valence-electron chi connectivity index (χ4n) is 2.07. The summed E-state index contributed by atoms with van der Waals surface area (Å²) in [6.07, 6.45) is 0.637. The summed E-state index contributed by atoms with van der Waals surface area (Å²) >= 11 is 1.66. The maximum atomic E-state index is 11.4. The molecule has 0 aromatic carbocycles. The van der Waals surface area contributed by atoms with Crippen LogP contribution in [0.15, 0.2) is 4.99 Å². The minimum atomic E-state index is -2.87. The third-order valence-corrected chi connectivity index (χ3v) is 6.12. The number of aromatic nitrogens is 1. The molecule has 0 bridgehead atoms. The summed E-state index contributed by atoms with van der Waals surface area (Å²) < 4.78 is 22.8. The molecule has 0 radical (unpaired) electrons. The van der Waals surface area contributed by atoms with Crippen LogP contribution in [-0.2, 0) is 16.4 Å². The lowest BCUT2D eigenvalue weighted by Gasteiger charge is -2.15. The van der Waals surface area contributed by atoms with E-state index in [4.69, 9.17) is 0 Å². The number of thiazole rings is 1. The van der Waals surface area contributed by atoms with Gasteiger partial charge in [-0.15, -0.1) is 35.3 Å². The van der Waals surface area contributed by atoms with E-state index in [1.807, 2.05) is 13.8 Å². The van der Waals surface area contributed by atoms with Crippen molar-refractivity contribution >= 4 is 51.1 Å². The molecular formula is C12H21IN4O2S2. The third-order valence-electron chi connectivity index (χ3n) is 3.28. The first-order valence-corrected chi connectivity index (χ1v) is 9.14. The largest absolute Gasteiger partial charge is 0.353 e. The van der Waals surface area contributed by atoms with Crippen molar-refractivity contribution in [3.63, 3.8) is 0 Å². The average molecular weight is 444 g/mol. The van der Waals surface area contributed by atoms with Crippen molar-refractivity contribution in [2.45, 2.75) is 32.9 Å². The molecule has 1 aliphatic rings. The fraction of sp³-hybridized carbons (Fsp3) is 0.667. The van der Waals surface area contributed by atoms with Gasteiger partial charge >= 0.3 is 0 Å². The van der Waals surface area contributed by atoms with Crippen LogP contribution >= 0.6 is 35.3 Å². The van der Waals surface area contributed by atoms with Crippen molar-refractivity contribution in [3.05, 3.63) is 15.6 Å². The van der Waals surface area contributed by atoms with E-state index in [1.54, 1.807) is 18.4 Å². The van der Waals surface area contributed by atoms with Crippen LogP contribution in [0.3, 0.4) is 0 Å². The van der Waals surface area contributed by atoms with Crippen molar-refractivity contribution in [1.82, 2.24) is 15.6 Å². The van der Waals surface area contributed by atoms with Gasteiger partial charge in [0.1, 0.15) is 5.01 Å². The molecule has 0 amide bonds. The predicted octanol–water partition coefficient (Wildman–Crippen LogP) is 1.23. The van der Waals surface area contributed by atoms with Crippen LogP contribution in [0.25, 0.3) is 0 Å². The highest BCUT2D eigenvalue weighted by Crippen LogP contribution is 2.16. The van der Waals surface area contributed by atoms with E-state index in [1.165, 1.54) is 4.88 Å². The Labute approximate surface area is 146 Å². The standard InChI is InChI=1S/C12H20N4O2S2.HI/c1-8-9(2)19-11(15-8)6-14-12(13-3)16-10-4-5-20(17,18)7-10;/h10H,4-7H2,1-3H3,(H2,13,14,16);1H. The number of hydrogen-bond acceptors (Lipinski definition) is 5. The van der Waals surface area contributed by atoms with E-state index in [0.29, 0.717) is 18.9 Å². The van der Waals surface area contributed by atoms with Gasteiger partial charge in [-0.05, 0) is 20.3 Å². The van der Waals surface area contributed by atoms with E-state index in [-0.39, 0.29) is 41.5 Å². The highest BCUT2D eigenvalue weighted by molar-refractivity contribution is 14.0. The number of sulfone groups is 1. The number of hydrogen-bond donors (Lipinski definition) is 2. The van der Waals surface area contributed by atoms with Crippen LogP contribution in [0.4, 0.5) is 0 Å². The summed E-state index contributed by atoms with van der Waals surface area (Å²) in [6.45, 7) is 4.64. The van der Waals surface area contributed by atoms with Gasteiger partial charge in [-0.1, -0.05) is 0 Å². The van der Waals surface area contributed by atoms with Crippen molar-refractivity contribution in [2.75, 3.05) is 18.6 Å². The van der Waals surface area contributed by atoms with Gasteiger partial charge in [0.15, 0.2) is 15.8 Å². The molecule has 2 N–H and O–H groups in total. The zero-order chi connectivity index (χ0) is 14.8. The molecule has 120 valence electrons. The summed E-state index contributed by atoms with van der Waals surface area (Å²) in [7, 11) is -1.20. The molecule has 1 atom stereocenters. The van der Waals surface area contributed by atoms with Crippen LogP contribution in [-0.4, -0.2) is 44.0 Å². The van der Waals surface area contributed by atoms with Gasteiger partial charge in [0.05, 0.1) is 23.7 Å². The number of aliphatic imine (C=N–C) groups is 1. The number of rotatable bonds is 3. The molecule has 1 saturated heterocycles. The lowest BCUT2D eigenvalue weighted by molar-refractivity contribution is 0.599. The van der Waals surface area contributed by atoms with Crippen LogP contribution < -0.4 is 10.6 Å². The van der Waals surface area contributed by atoms with Crippen molar-refractivity contribution in [2.24, 2.45) is 4.99 Å². The average Bonchev–Trinajstić information content (AvgIpc) is 2.88. The highest BCUT2D eigenvalue weighted by Gasteiger charge is 2.28. The molecule has 2 heterocycles. The second-order valence-corrected chi connectivity index (χ2v) is 8.44. The SMILES string of the molecule is CN=C(NCc1nc(C)c(C)s1)NC1CCS(=O)(=O)C1.I. The maximum Gasteiger partial charge on any atom is 0.191 e. The lowest BCUT2D eigenvalue weighted by atomic mass is 10.3. The van der Waals surface area contributed by atoms with E-state index in [0.717, 1.165) is 10.7 Å². The Morgan fingerprint density at radius 2 is 2.19 bits per heavy atom. The van der Waals surface area contributed by atoms with Crippen molar-refractivity contribution < 1.29 is 8.42 Å². The monoisotopic (exact) mass is 444 g/mol. The Bertz CT molecular complexity index is 593. The minimum Gasteiger partial charge on any atom is -0.353 e. The molecule has 0 saturated carbocycles. The number of nitrogens with one attached hydrogen (secondary N) is 2. The van der Waals surface area contributed by atoms with Gasteiger partial charge < -0.3 is 10.6 Å². The van der Waals surface area contributed by atoms with Crippen LogP contribution in [0.2, 0.25) is 0 Å². The topological polar surface area (TPSA) is 83.4 Å². The predicted molar refractivity (Wildman–Crippen MR) is 97.4 cm³/mol. The lowest BCUT2D eigenvalue weighted by Crippen LogP contribution is -2.43. The first kappa shape index (κ1) is 18.6. The Balaban J connectivity index is 0.00000220. The molecule has 1 aromatic rings. The summed E-state index contributed by atoms with van der Waals surface area (Å²) in [5.74, 6) is 1.06. The zero-order valence-corrected chi connectivity index (χ0v) is 16.3. The number of guanidine groups is 1. The summed E-state index contributed by atoms with van der Waals surface area (Å²) in [4.78, 5) is 9.78. The van der Waals surface area contributed by atoms with E-state index < -0.39 is 9.84 Å². The number of aryl methyl sites for hydroxylation is 2. The molecule has 2 rings (SSSR count). The Morgan fingerprint density at radius 1 is 1.48 bits per heavy atom. The van der Waals surface area contributed by atoms with Gasteiger partial charge in [-0.25, -0.2) is 13.4 Å². The van der Waals surface area contributed by atoms with E-state index in [9.17, 15) is 8.42 Å². The minimum absolute atomic E-state index is 0. The summed E-state index contributed by atoms with van der Waals surface area (Å²) in [6, 6.07) is -0.0500. The molecule has 21 heavy (non-hydrogen) atoms. The second kappa shape index (κ2) is 7.73. The number of halogens is 1. The Kier molecular flexibility index (Phi) is 6.85. The smallest absolute Gasteiger partial charge is 0.191 e. The fourth-order valence-corrected chi connectivity index (χ4v) is 4.62. The normalized spacial score (nSPS) is 20.9. The maximum absolute atomic E-state index is 11.4. The molecule has 1 aliphatic heterocycles. The van der Waals surface area contributed by atoms with Gasteiger partial charge in [0.25, 0.3) is 0 Å². The molecule has 0 aliphatic carbocycles. The Morgan fingerprint density at radius 3 is 2.67 bits per heavy atom. The molecule has 1 aromatic heterocycles. The van der Waals surface area contributed by atoms with E-state index >= 15 is 0 Å². The van der Waals surface area contributed by atoms with Crippen molar-refractivity contribution in [1.29, 1.82) is 0 Å². The Hall–Kier alpha value is -0.420. The summed E-state index contributed by atoms with van der Waals surface area (Å²) in [5, 5.41) is 7.32. The number of nitrogens with zero attached hydrogens (tertiary/aromatic N) is 2. The quantitative estimate of drug-likeness (QED) is 0.417. The van der Waals surface area contributed by atoms with Gasteiger partial charge in [-0.3, -0.25) is 4.99 Å². The van der Waals surface area contributed by atoms with Crippen molar-refractivity contribution in [3.8, 4) is 0 Å². The first-order chi connectivity index (χ1) is 9.39. The molecule has 1 fully saturated rings. The summed E-state index contributed by atoms with van der Waals surface area (Å²) in [5.41, 5.74) is 1.05.